The van der Waals surface area contributed by atoms with Gasteiger partial charge in [-0.25, -0.2) is 0 Å². The summed E-state index contributed by atoms with van der Waals surface area (Å²) in [5.74, 6) is 4.02. The fourth-order valence-electron chi connectivity index (χ4n) is 6.62. The first-order valence-corrected chi connectivity index (χ1v) is 13.0. The van der Waals surface area contributed by atoms with Gasteiger partial charge >= 0.3 is 0 Å². The number of anilines is 1. The minimum absolute atomic E-state index is 0.123. The van der Waals surface area contributed by atoms with E-state index in [1.165, 1.54) is 50.3 Å². The van der Waals surface area contributed by atoms with Crippen molar-refractivity contribution in [3.05, 3.63) is 34.1 Å². The van der Waals surface area contributed by atoms with Crippen LogP contribution in [0.25, 0.3) is 0 Å². The maximum Gasteiger partial charge on any atom is 0.234 e. The molecule has 4 fully saturated rings. The first-order chi connectivity index (χ1) is 14.9. The van der Waals surface area contributed by atoms with Gasteiger partial charge in [0.05, 0.1) is 16.5 Å². The van der Waals surface area contributed by atoms with E-state index < -0.39 is 0 Å². The summed E-state index contributed by atoms with van der Waals surface area (Å²) in [6.45, 7) is 2.95. The van der Waals surface area contributed by atoms with E-state index in [9.17, 15) is 4.79 Å². The third-order valence-corrected chi connectivity index (χ3v) is 8.86. The Bertz CT molecular complexity index is 957. The van der Waals surface area contributed by atoms with Crippen LogP contribution in [0.2, 0.25) is 10.0 Å². The van der Waals surface area contributed by atoms with Gasteiger partial charge in [-0.15, -0.1) is 10.2 Å². The van der Waals surface area contributed by atoms with E-state index in [0.29, 0.717) is 21.1 Å². The van der Waals surface area contributed by atoms with Gasteiger partial charge < -0.3 is 9.88 Å². The Morgan fingerprint density at radius 1 is 1.16 bits per heavy atom. The molecule has 0 unspecified atom stereocenters. The van der Waals surface area contributed by atoms with Crippen LogP contribution in [-0.2, 0) is 17.8 Å². The molecule has 4 bridgehead atoms. The molecule has 0 radical (unpaired) electrons. The Balaban J connectivity index is 1.24. The van der Waals surface area contributed by atoms with Crippen LogP contribution in [0.5, 0.6) is 0 Å². The second kappa shape index (κ2) is 8.60. The van der Waals surface area contributed by atoms with Crippen LogP contribution in [0, 0.1) is 23.2 Å². The van der Waals surface area contributed by atoms with Crippen LogP contribution in [0.1, 0.15) is 51.3 Å². The smallest absolute Gasteiger partial charge is 0.234 e. The van der Waals surface area contributed by atoms with Crippen LogP contribution in [0.3, 0.4) is 0 Å². The van der Waals surface area contributed by atoms with Crippen molar-refractivity contribution < 1.29 is 4.79 Å². The number of aromatic nitrogens is 3. The van der Waals surface area contributed by atoms with Gasteiger partial charge in [-0.1, -0.05) is 35.0 Å². The fourth-order valence-corrected chi connectivity index (χ4v) is 7.90. The van der Waals surface area contributed by atoms with Gasteiger partial charge in [0.15, 0.2) is 5.16 Å². The first kappa shape index (κ1) is 21.6. The zero-order valence-corrected chi connectivity index (χ0v) is 20.1. The van der Waals surface area contributed by atoms with Crippen molar-refractivity contribution in [2.45, 2.75) is 63.6 Å². The molecule has 6 rings (SSSR count). The van der Waals surface area contributed by atoms with Crippen LogP contribution in [-0.4, -0.2) is 26.4 Å². The Kier molecular flexibility index (Phi) is 5.99. The molecule has 4 saturated carbocycles. The van der Waals surface area contributed by atoms with Gasteiger partial charge in [-0.3, -0.25) is 4.79 Å². The average Bonchev–Trinajstić information content (AvgIpc) is 3.08. The molecule has 166 valence electrons. The summed E-state index contributed by atoms with van der Waals surface area (Å²) in [6, 6.07) is 5.04. The number of amides is 1. The molecular weight excluding hydrogens is 451 g/mol. The average molecular weight is 479 g/mol. The molecule has 0 atom stereocenters. The van der Waals surface area contributed by atoms with E-state index in [1.807, 2.05) is 0 Å². The van der Waals surface area contributed by atoms with E-state index in [4.69, 9.17) is 23.2 Å². The van der Waals surface area contributed by atoms with Crippen molar-refractivity contribution in [1.82, 2.24) is 14.8 Å². The van der Waals surface area contributed by atoms with Gasteiger partial charge in [-0.2, -0.15) is 0 Å². The summed E-state index contributed by atoms with van der Waals surface area (Å²) in [7, 11) is 0. The molecule has 5 nitrogen and oxygen atoms in total. The minimum Gasteiger partial charge on any atom is -0.324 e. The standard InChI is InChI=1S/C23H28Cl2N4OS/c1-2-29-20(12-23-9-14-5-15(10-23)7-16(6-14)11-23)27-28-22(29)31-13-21(30)26-19-4-3-17(24)8-18(19)25/h3-4,8,14-16H,2,5-7,9-13H2,1H3,(H,26,30). The minimum atomic E-state index is -0.123. The summed E-state index contributed by atoms with van der Waals surface area (Å²) in [6.07, 6.45) is 9.48. The monoisotopic (exact) mass is 478 g/mol. The number of hydrogen-bond donors (Lipinski definition) is 1. The highest BCUT2D eigenvalue weighted by Gasteiger charge is 2.51. The maximum atomic E-state index is 12.4. The van der Waals surface area contributed by atoms with Crippen molar-refractivity contribution in [2.75, 3.05) is 11.1 Å². The van der Waals surface area contributed by atoms with Crippen molar-refractivity contribution in [3.63, 3.8) is 0 Å². The van der Waals surface area contributed by atoms with Gasteiger partial charge in [-0.05, 0) is 86.8 Å². The molecule has 0 spiro atoms. The van der Waals surface area contributed by atoms with Crippen LogP contribution in [0.15, 0.2) is 23.4 Å². The molecule has 2 aromatic rings. The number of nitrogens with one attached hydrogen (secondary N) is 1. The normalized spacial score (nSPS) is 28.8. The van der Waals surface area contributed by atoms with Crippen molar-refractivity contribution in [3.8, 4) is 0 Å². The zero-order chi connectivity index (χ0) is 21.6. The topological polar surface area (TPSA) is 59.8 Å². The quantitative estimate of drug-likeness (QED) is 0.488. The van der Waals surface area contributed by atoms with E-state index >= 15 is 0 Å². The van der Waals surface area contributed by atoms with Gasteiger partial charge in [0, 0.05) is 18.0 Å². The van der Waals surface area contributed by atoms with Gasteiger partial charge in [0.1, 0.15) is 5.82 Å². The van der Waals surface area contributed by atoms with E-state index in [0.717, 1.165) is 41.7 Å². The molecule has 31 heavy (non-hydrogen) atoms. The van der Waals surface area contributed by atoms with Crippen LogP contribution < -0.4 is 5.32 Å². The van der Waals surface area contributed by atoms with Gasteiger partial charge in [0.25, 0.3) is 0 Å². The van der Waals surface area contributed by atoms with Crippen LogP contribution >= 0.6 is 35.0 Å². The summed E-state index contributed by atoms with van der Waals surface area (Å²) in [5.41, 5.74) is 0.996. The maximum absolute atomic E-state index is 12.4. The highest BCUT2D eigenvalue weighted by atomic mass is 35.5. The molecule has 8 heteroatoms. The summed E-state index contributed by atoms with van der Waals surface area (Å²) >= 11 is 13.5. The largest absolute Gasteiger partial charge is 0.324 e. The molecule has 4 aliphatic rings. The highest BCUT2D eigenvalue weighted by molar-refractivity contribution is 7.99. The lowest BCUT2D eigenvalue weighted by Gasteiger charge is -2.56. The molecule has 1 aromatic carbocycles. The second-order valence-corrected chi connectivity index (χ2v) is 11.5. The van der Waals surface area contributed by atoms with Crippen molar-refractivity contribution in [1.29, 1.82) is 0 Å². The molecule has 0 aliphatic heterocycles. The molecule has 1 N–H and O–H groups in total. The molecule has 0 saturated heterocycles. The first-order valence-electron chi connectivity index (χ1n) is 11.2. The number of halogens is 2. The third kappa shape index (κ3) is 4.49. The summed E-state index contributed by atoms with van der Waals surface area (Å²) in [5, 5.41) is 13.7. The Hall–Kier alpha value is -1.24. The lowest BCUT2D eigenvalue weighted by atomic mass is 9.49. The molecule has 4 aliphatic carbocycles. The fraction of sp³-hybridized carbons (Fsp3) is 0.609. The Morgan fingerprint density at radius 2 is 1.84 bits per heavy atom. The van der Waals surface area contributed by atoms with Crippen molar-refractivity contribution >= 4 is 46.6 Å². The Labute approximate surface area is 197 Å². The zero-order valence-electron chi connectivity index (χ0n) is 17.7. The number of carbonyl (C=O) groups is 1. The summed E-state index contributed by atoms with van der Waals surface area (Å²) in [4.78, 5) is 12.4. The van der Waals surface area contributed by atoms with Crippen LogP contribution in [0.4, 0.5) is 5.69 Å². The molecule has 1 aromatic heterocycles. The predicted molar refractivity (Wildman–Crippen MR) is 126 cm³/mol. The number of hydrogen-bond acceptors (Lipinski definition) is 4. The lowest BCUT2D eigenvalue weighted by Crippen LogP contribution is -2.47. The SMILES string of the molecule is CCn1c(CC23CC4CC(CC(C4)C2)C3)nnc1SCC(=O)Nc1ccc(Cl)cc1Cl. The third-order valence-electron chi connectivity index (χ3n) is 7.35. The summed E-state index contributed by atoms with van der Waals surface area (Å²) < 4.78 is 2.20. The number of benzene rings is 1. The number of nitrogens with zero attached hydrogens (tertiary/aromatic N) is 3. The molecule has 1 amide bonds. The number of thioether (sulfide) groups is 1. The number of carbonyl (C=O) groups excluding carboxylic acids is 1. The van der Waals surface area contributed by atoms with E-state index in [1.54, 1.807) is 18.2 Å². The highest BCUT2D eigenvalue weighted by Crippen LogP contribution is 2.61. The van der Waals surface area contributed by atoms with Crippen molar-refractivity contribution in [2.24, 2.45) is 23.2 Å². The Morgan fingerprint density at radius 3 is 2.45 bits per heavy atom. The molecular formula is C23H28Cl2N4OS. The van der Waals surface area contributed by atoms with Gasteiger partial charge in [0.2, 0.25) is 5.91 Å². The predicted octanol–water partition coefficient (Wildman–Crippen LogP) is 6.09. The molecule has 1 heterocycles. The van der Waals surface area contributed by atoms with E-state index in [-0.39, 0.29) is 11.7 Å². The lowest BCUT2D eigenvalue weighted by molar-refractivity contribution is -0.113. The second-order valence-electron chi connectivity index (χ2n) is 9.70. The number of rotatable bonds is 7. The van der Waals surface area contributed by atoms with E-state index in [2.05, 4.69) is 27.0 Å².